The summed E-state index contributed by atoms with van der Waals surface area (Å²) in [5.74, 6) is 0. The van der Waals surface area contributed by atoms with Crippen molar-refractivity contribution in [1.29, 1.82) is 0 Å². The third kappa shape index (κ3) is 3.45. The molecule has 0 aliphatic rings. The van der Waals surface area contributed by atoms with Crippen LogP contribution < -0.4 is 5.32 Å². The molecule has 18 heavy (non-hydrogen) atoms. The van der Waals surface area contributed by atoms with E-state index in [0.717, 1.165) is 17.7 Å². The zero-order chi connectivity index (χ0) is 13.0. The number of halogens is 2. The Hall–Kier alpha value is -1.09. The molecule has 2 nitrogen and oxygen atoms in total. The third-order valence-corrected chi connectivity index (χ3v) is 3.52. The molecule has 2 rings (SSSR count). The Bertz CT molecular complexity index is 514. The van der Waals surface area contributed by atoms with E-state index in [0.29, 0.717) is 10.0 Å². The highest BCUT2D eigenvalue weighted by atomic mass is 35.5. The van der Waals surface area contributed by atoms with Crippen molar-refractivity contribution in [3.8, 4) is 0 Å². The van der Waals surface area contributed by atoms with Gasteiger partial charge in [0.15, 0.2) is 0 Å². The molecule has 0 radical (unpaired) electrons. The number of rotatable bonds is 4. The van der Waals surface area contributed by atoms with Gasteiger partial charge in [0.1, 0.15) is 0 Å². The normalized spacial score (nSPS) is 12.4. The SMILES string of the molecule is CC(NCc1ccc(Cl)c(Cl)c1)c1cccnc1. The van der Waals surface area contributed by atoms with Crippen molar-refractivity contribution >= 4 is 23.2 Å². The van der Waals surface area contributed by atoms with Crippen LogP contribution in [-0.4, -0.2) is 4.98 Å². The lowest BCUT2D eigenvalue weighted by Crippen LogP contribution is -2.18. The molecule has 0 spiro atoms. The zero-order valence-electron chi connectivity index (χ0n) is 10.0. The first-order valence-corrected chi connectivity index (χ1v) is 6.49. The van der Waals surface area contributed by atoms with Gasteiger partial charge in [0.05, 0.1) is 10.0 Å². The predicted octanol–water partition coefficient (Wildman–Crippen LogP) is 4.24. The topological polar surface area (TPSA) is 24.9 Å². The van der Waals surface area contributed by atoms with E-state index in [1.807, 2.05) is 30.5 Å². The summed E-state index contributed by atoms with van der Waals surface area (Å²) in [6, 6.07) is 9.90. The number of benzene rings is 1. The minimum absolute atomic E-state index is 0.244. The zero-order valence-corrected chi connectivity index (χ0v) is 11.5. The molecule has 0 bridgehead atoms. The van der Waals surface area contributed by atoms with Crippen molar-refractivity contribution in [3.05, 3.63) is 63.9 Å². The summed E-state index contributed by atoms with van der Waals surface area (Å²) in [5.41, 5.74) is 2.28. The van der Waals surface area contributed by atoms with Gasteiger partial charge in [0, 0.05) is 25.0 Å². The number of hydrogen-bond acceptors (Lipinski definition) is 2. The molecule has 94 valence electrons. The minimum atomic E-state index is 0.244. The van der Waals surface area contributed by atoms with Gasteiger partial charge >= 0.3 is 0 Å². The Labute approximate surface area is 117 Å². The Balaban J connectivity index is 1.97. The molecule has 0 amide bonds. The lowest BCUT2D eigenvalue weighted by molar-refractivity contribution is 0.573. The summed E-state index contributed by atoms with van der Waals surface area (Å²) in [4.78, 5) is 4.11. The lowest BCUT2D eigenvalue weighted by Gasteiger charge is -2.14. The van der Waals surface area contributed by atoms with E-state index in [9.17, 15) is 0 Å². The van der Waals surface area contributed by atoms with E-state index >= 15 is 0 Å². The van der Waals surface area contributed by atoms with Crippen LogP contribution in [0.1, 0.15) is 24.1 Å². The van der Waals surface area contributed by atoms with E-state index in [4.69, 9.17) is 23.2 Å². The van der Waals surface area contributed by atoms with Crippen LogP contribution in [0.15, 0.2) is 42.7 Å². The van der Waals surface area contributed by atoms with Crippen LogP contribution in [0.2, 0.25) is 10.0 Å². The van der Waals surface area contributed by atoms with Gasteiger partial charge in [0.25, 0.3) is 0 Å². The van der Waals surface area contributed by atoms with Gasteiger partial charge in [-0.25, -0.2) is 0 Å². The number of hydrogen-bond donors (Lipinski definition) is 1. The quantitative estimate of drug-likeness (QED) is 0.906. The number of pyridine rings is 1. The lowest BCUT2D eigenvalue weighted by atomic mass is 10.1. The van der Waals surface area contributed by atoms with Crippen molar-refractivity contribution in [1.82, 2.24) is 10.3 Å². The van der Waals surface area contributed by atoms with Gasteiger partial charge in [-0.2, -0.15) is 0 Å². The van der Waals surface area contributed by atoms with Crippen molar-refractivity contribution in [3.63, 3.8) is 0 Å². The highest BCUT2D eigenvalue weighted by Crippen LogP contribution is 2.22. The fraction of sp³-hybridized carbons (Fsp3) is 0.214. The average Bonchev–Trinajstić information content (AvgIpc) is 2.41. The molecule has 1 aromatic heterocycles. The maximum absolute atomic E-state index is 5.98. The second kappa shape index (κ2) is 6.19. The molecule has 0 saturated carbocycles. The van der Waals surface area contributed by atoms with Gasteiger partial charge in [-0.1, -0.05) is 35.3 Å². The van der Waals surface area contributed by atoms with E-state index in [1.165, 1.54) is 0 Å². The monoisotopic (exact) mass is 280 g/mol. The fourth-order valence-electron chi connectivity index (χ4n) is 1.67. The van der Waals surface area contributed by atoms with Crippen molar-refractivity contribution in [2.24, 2.45) is 0 Å². The highest BCUT2D eigenvalue weighted by Gasteiger charge is 2.05. The fourth-order valence-corrected chi connectivity index (χ4v) is 1.99. The number of nitrogens with one attached hydrogen (secondary N) is 1. The van der Waals surface area contributed by atoms with Gasteiger partial charge in [-0.3, -0.25) is 4.98 Å². The van der Waals surface area contributed by atoms with Crippen LogP contribution in [0, 0.1) is 0 Å². The van der Waals surface area contributed by atoms with Crippen LogP contribution in [0.5, 0.6) is 0 Å². The smallest absolute Gasteiger partial charge is 0.0595 e. The number of aromatic nitrogens is 1. The Morgan fingerprint density at radius 2 is 2.06 bits per heavy atom. The van der Waals surface area contributed by atoms with Gasteiger partial charge < -0.3 is 5.32 Å². The minimum Gasteiger partial charge on any atom is -0.306 e. The van der Waals surface area contributed by atoms with Crippen molar-refractivity contribution < 1.29 is 0 Å². The maximum Gasteiger partial charge on any atom is 0.0595 e. The summed E-state index contributed by atoms with van der Waals surface area (Å²) in [7, 11) is 0. The first-order chi connectivity index (χ1) is 8.66. The molecule has 0 fully saturated rings. The molecular formula is C14H14Cl2N2. The Morgan fingerprint density at radius 1 is 1.22 bits per heavy atom. The molecule has 1 aromatic carbocycles. The van der Waals surface area contributed by atoms with E-state index in [2.05, 4.69) is 23.3 Å². The first-order valence-electron chi connectivity index (χ1n) is 5.74. The number of nitrogens with zero attached hydrogens (tertiary/aromatic N) is 1. The van der Waals surface area contributed by atoms with Crippen LogP contribution >= 0.6 is 23.2 Å². The van der Waals surface area contributed by atoms with E-state index in [-0.39, 0.29) is 6.04 Å². The van der Waals surface area contributed by atoms with Gasteiger partial charge in [-0.05, 0) is 36.2 Å². The van der Waals surface area contributed by atoms with Gasteiger partial charge in [0.2, 0.25) is 0 Å². The molecule has 0 aliphatic heterocycles. The van der Waals surface area contributed by atoms with Crippen molar-refractivity contribution in [2.45, 2.75) is 19.5 Å². The molecule has 0 saturated heterocycles. The standard InChI is InChI=1S/C14H14Cl2N2/c1-10(12-3-2-6-17-9-12)18-8-11-4-5-13(15)14(16)7-11/h2-7,9-10,18H,8H2,1H3. The summed E-state index contributed by atoms with van der Waals surface area (Å²) in [5, 5.41) is 4.59. The summed E-state index contributed by atoms with van der Waals surface area (Å²) in [6.45, 7) is 2.85. The summed E-state index contributed by atoms with van der Waals surface area (Å²) >= 11 is 11.9. The second-order valence-corrected chi connectivity index (χ2v) is 4.95. The van der Waals surface area contributed by atoms with E-state index < -0.39 is 0 Å². The van der Waals surface area contributed by atoms with Crippen molar-refractivity contribution in [2.75, 3.05) is 0 Å². The molecule has 2 aromatic rings. The average molecular weight is 281 g/mol. The van der Waals surface area contributed by atoms with Crippen LogP contribution in [0.25, 0.3) is 0 Å². The van der Waals surface area contributed by atoms with Crippen LogP contribution in [0.4, 0.5) is 0 Å². The highest BCUT2D eigenvalue weighted by molar-refractivity contribution is 6.42. The Morgan fingerprint density at radius 3 is 2.72 bits per heavy atom. The molecule has 1 N–H and O–H groups in total. The molecule has 1 unspecified atom stereocenters. The van der Waals surface area contributed by atoms with Crippen LogP contribution in [-0.2, 0) is 6.54 Å². The third-order valence-electron chi connectivity index (χ3n) is 2.78. The predicted molar refractivity (Wildman–Crippen MR) is 76.0 cm³/mol. The molecule has 1 heterocycles. The second-order valence-electron chi connectivity index (χ2n) is 4.14. The first kappa shape index (κ1) is 13.3. The maximum atomic E-state index is 5.98. The molecule has 1 atom stereocenters. The largest absolute Gasteiger partial charge is 0.306 e. The summed E-state index contributed by atoms with van der Waals surface area (Å²) < 4.78 is 0. The Kier molecular flexibility index (Phi) is 4.59. The van der Waals surface area contributed by atoms with E-state index in [1.54, 1.807) is 6.20 Å². The molecular weight excluding hydrogens is 267 g/mol. The molecule has 0 aliphatic carbocycles. The van der Waals surface area contributed by atoms with Gasteiger partial charge in [-0.15, -0.1) is 0 Å². The molecule has 4 heteroatoms. The summed E-state index contributed by atoms with van der Waals surface area (Å²) in [6.07, 6.45) is 3.64. The van der Waals surface area contributed by atoms with Crippen LogP contribution in [0.3, 0.4) is 0 Å².